The molecule has 180 valence electrons. The summed E-state index contributed by atoms with van der Waals surface area (Å²) in [5, 5.41) is 11.0. The maximum atomic E-state index is 13.3. The summed E-state index contributed by atoms with van der Waals surface area (Å²) in [6, 6.07) is 13.9. The molecule has 0 saturated heterocycles. The van der Waals surface area contributed by atoms with Gasteiger partial charge < -0.3 is 10.1 Å². The molecular formula is C23H17ClF3N5O2S. The van der Waals surface area contributed by atoms with Gasteiger partial charge in [0.05, 0.1) is 24.1 Å². The van der Waals surface area contributed by atoms with Crippen LogP contribution in [0.1, 0.15) is 5.56 Å². The van der Waals surface area contributed by atoms with Gasteiger partial charge in [-0.25, -0.2) is 0 Å². The lowest BCUT2D eigenvalue weighted by atomic mass is 10.1. The van der Waals surface area contributed by atoms with Gasteiger partial charge in [-0.15, -0.1) is 10.2 Å². The van der Waals surface area contributed by atoms with E-state index in [1.165, 1.54) is 6.07 Å². The van der Waals surface area contributed by atoms with Gasteiger partial charge in [0.2, 0.25) is 5.91 Å². The van der Waals surface area contributed by atoms with Crippen molar-refractivity contribution in [2.75, 3.05) is 18.2 Å². The Balaban J connectivity index is 1.59. The number of nitrogens with one attached hydrogen (secondary N) is 1. The summed E-state index contributed by atoms with van der Waals surface area (Å²) in [7, 11) is 1.56. The Kier molecular flexibility index (Phi) is 7.27. The Morgan fingerprint density at radius 1 is 1.14 bits per heavy atom. The minimum atomic E-state index is -4.67. The second kappa shape index (κ2) is 10.4. The van der Waals surface area contributed by atoms with E-state index in [0.717, 1.165) is 23.9 Å². The van der Waals surface area contributed by atoms with Crippen LogP contribution in [0.15, 0.2) is 72.1 Å². The number of carbonyl (C=O) groups is 1. The highest BCUT2D eigenvalue weighted by atomic mass is 35.5. The van der Waals surface area contributed by atoms with E-state index < -0.39 is 17.6 Å². The number of alkyl halides is 3. The molecule has 0 radical (unpaired) electrons. The van der Waals surface area contributed by atoms with Gasteiger partial charge in [0.1, 0.15) is 5.75 Å². The molecule has 0 spiro atoms. The van der Waals surface area contributed by atoms with E-state index in [9.17, 15) is 18.0 Å². The summed E-state index contributed by atoms with van der Waals surface area (Å²) in [6.07, 6.45) is -1.41. The lowest BCUT2D eigenvalue weighted by Gasteiger charge is -2.14. The number of benzene rings is 2. The van der Waals surface area contributed by atoms with Crippen LogP contribution in [0.3, 0.4) is 0 Å². The minimum absolute atomic E-state index is 0.0831. The van der Waals surface area contributed by atoms with Crippen molar-refractivity contribution in [2.45, 2.75) is 11.3 Å². The van der Waals surface area contributed by atoms with Gasteiger partial charge in [-0.2, -0.15) is 13.2 Å². The molecule has 2 heterocycles. The number of anilines is 1. The molecule has 2 aromatic heterocycles. The van der Waals surface area contributed by atoms with Crippen molar-refractivity contribution in [1.29, 1.82) is 0 Å². The first-order chi connectivity index (χ1) is 16.8. The van der Waals surface area contributed by atoms with Crippen LogP contribution in [0.4, 0.5) is 18.9 Å². The zero-order valence-corrected chi connectivity index (χ0v) is 19.7. The highest BCUT2D eigenvalue weighted by Gasteiger charge is 2.34. The van der Waals surface area contributed by atoms with Crippen LogP contribution in [0, 0.1) is 0 Å². The number of thioether (sulfide) groups is 1. The maximum absolute atomic E-state index is 13.3. The quantitative estimate of drug-likeness (QED) is 0.313. The van der Waals surface area contributed by atoms with Crippen molar-refractivity contribution in [1.82, 2.24) is 19.7 Å². The lowest BCUT2D eigenvalue weighted by Crippen LogP contribution is -2.18. The fourth-order valence-corrected chi connectivity index (χ4v) is 4.11. The van der Waals surface area contributed by atoms with Crippen molar-refractivity contribution in [2.24, 2.45) is 0 Å². The summed E-state index contributed by atoms with van der Waals surface area (Å²) >= 11 is 6.73. The maximum Gasteiger partial charge on any atom is 0.418 e. The van der Waals surface area contributed by atoms with Gasteiger partial charge in [0.15, 0.2) is 11.0 Å². The van der Waals surface area contributed by atoms with Gasteiger partial charge >= 0.3 is 6.18 Å². The second-order valence-electron chi connectivity index (χ2n) is 7.11. The topological polar surface area (TPSA) is 81.9 Å². The lowest BCUT2D eigenvalue weighted by molar-refractivity contribution is -0.137. The number of amides is 1. The van der Waals surface area contributed by atoms with E-state index in [4.69, 9.17) is 16.3 Å². The molecule has 7 nitrogen and oxygen atoms in total. The van der Waals surface area contributed by atoms with Crippen molar-refractivity contribution >= 4 is 35.0 Å². The largest absolute Gasteiger partial charge is 0.497 e. The van der Waals surface area contributed by atoms with E-state index in [-0.39, 0.29) is 16.5 Å². The number of hydrogen-bond acceptors (Lipinski definition) is 6. The monoisotopic (exact) mass is 519 g/mol. The average molecular weight is 520 g/mol. The number of carbonyl (C=O) groups excluding carboxylic acids is 1. The van der Waals surface area contributed by atoms with Crippen LogP contribution in [-0.4, -0.2) is 38.5 Å². The number of pyridine rings is 1. The van der Waals surface area contributed by atoms with Crippen LogP contribution in [0.5, 0.6) is 5.75 Å². The number of nitrogens with zero attached hydrogens (tertiary/aromatic N) is 4. The fourth-order valence-electron chi connectivity index (χ4n) is 3.19. The Labute approximate surface area is 207 Å². The van der Waals surface area contributed by atoms with Gasteiger partial charge in [-0.3, -0.25) is 14.3 Å². The third kappa shape index (κ3) is 5.75. The number of methoxy groups -OCH3 is 1. The van der Waals surface area contributed by atoms with E-state index in [1.54, 1.807) is 54.4 Å². The number of ether oxygens (including phenoxy) is 1. The molecule has 1 N–H and O–H groups in total. The molecule has 0 unspecified atom stereocenters. The summed E-state index contributed by atoms with van der Waals surface area (Å²) in [6.45, 7) is 0. The zero-order chi connectivity index (χ0) is 25.0. The van der Waals surface area contributed by atoms with E-state index >= 15 is 0 Å². The molecule has 2 aromatic carbocycles. The summed E-state index contributed by atoms with van der Waals surface area (Å²) in [4.78, 5) is 16.7. The molecule has 12 heteroatoms. The Morgan fingerprint density at radius 3 is 2.57 bits per heavy atom. The first-order valence-electron chi connectivity index (χ1n) is 10.1. The molecule has 0 aliphatic rings. The molecule has 0 fully saturated rings. The Bertz CT molecular complexity index is 1330. The molecule has 0 aliphatic heterocycles. The van der Waals surface area contributed by atoms with Crippen molar-refractivity contribution in [3.8, 4) is 22.8 Å². The molecule has 0 saturated carbocycles. The molecular weight excluding hydrogens is 503 g/mol. The van der Waals surface area contributed by atoms with Crippen LogP contribution in [0.2, 0.25) is 5.02 Å². The Hall–Kier alpha value is -3.57. The van der Waals surface area contributed by atoms with Gasteiger partial charge in [0.25, 0.3) is 0 Å². The Morgan fingerprint density at radius 2 is 1.91 bits per heavy atom. The van der Waals surface area contributed by atoms with Crippen LogP contribution in [0.25, 0.3) is 17.1 Å². The fraction of sp³-hybridized carbons (Fsp3) is 0.130. The predicted molar refractivity (Wildman–Crippen MR) is 127 cm³/mol. The number of aromatic nitrogens is 4. The van der Waals surface area contributed by atoms with Crippen molar-refractivity contribution in [3.63, 3.8) is 0 Å². The molecule has 0 bridgehead atoms. The third-order valence-electron chi connectivity index (χ3n) is 4.78. The molecule has 35 heavy (non-hydrogen) atoms. The first-order valence-corrected chi connectivity index (χ1v) is 11.4. The summed E-state index contributed by atoms with van der Waals surface area (Å²) in [5.74, 6) is 0.293. The third-order valence-corrected chi connectivity index (χ3v) is 5.94. The number of hydrogen-bond donors (Lipinski definition) is 1. The summed E-state index contributed by atoms with van der Waals surface area (Å²) in [5.41, 5.74) is 0.00140. The SMILES string of the molecule is COc1ccc(-n2c(SCC(=O)Nc3ccc(Cl)cc3C(F)(F)F)nnc2-c2cccnc2)cc1. The average Bonchev–Trinajstić information content (AvgIpc) is 3.28. The highest BCUT2D eigenvalue weighted by Crippen LogP contribution is 2.36. The second-order valence-corrected chi connectivity index (χ2v) is 8.48. The predicted octanol–water partition coefficient (Wildman–Crippen LogP) is 5.74. The smallest absolute Gasteiger partial charge is 0.418 e. The molecule has 1 amide bonds. The molecule has 0 atom stereocenters. The molecule has 4 aromatic rings. The van der Waals surface area contributed by atoms with Crippen LogP contribution < -0.4 is 10.1 Å². The van der Waals surface area contributed by atoms with E-state index in [1.807, 2.05) is 6.07 Å². The number of halogens is 4. The van der Waals surface area contributed by atoms with E-state index in [2.05, 4.69) is 20.5 Å². The van der Waals surface area contributed by atoms with Crippen LogP contribution in [-0.2, 0) is 11.0 Å². The van der Waals surface area contributed by atoms with Crippen molar-refractivity contribution in [3.05, 3.63) is 77.6 Å². The number of rotatable bonds is 7. The van der Waals surface area contributed by atoms with Crippen LogP contribution >= 0.6 is 23.4 Å². The van der Waals surface area contributed by atoms with Gasteiger partial charge in [-0.1, -0.05) is 23.4 Å². The molecule has 4 rings (SSSR count). The highest BCUT2D eigenvalue weighted by molar-refractivity contribution is 7.99. The first kappa shape index (κ1) is 24.6. The standard InChI is InChI=1S/C23H17ClF3N5O2S/c1-34-17-7-5-16(6-8-17)32-21(14-3-2-10-28-12-14)30-31-22(32)35-13-20(33)29-19-9-4-15(24)11-18(19)23(25,26)27/h2-12H,13H2,1H3,(H,29,33). The summed E-state index contributed by atoms with van der Waals surface area (Å²) < 4.78 is 47.0. The van der Waals surface area contributed by atoms with Gasteiger partial charge in [0, 0.05) is 28.7 Å². The normalized spacial score (nSPS) is 11.3. The zero-order valence-electron chi connectivity index (χ0n) is 18.1. The van der Waals surface area contributed by atoms with Gasteiger partial charge in [-0.05, 0) is 54.6 Å². The minimum Gasteiger partial charge on any atom is -0.497 e. The molecule has 0 aliphatic carbocycles. The van der Waals surface area contributed by atoms with E-state index in [0.29, 0.717) is 28.0 Å². The van der Waals surface area contributed by atoms with Crippen molar-refractivity contribution < 1.29 is 22.7 Å².